The second-order valence-electron chi connectivity index (χ2n) is 2.90. The average molecular weight is 197 g/mol. The van der Waals surface area contributed by atoms with E-state index in [-0.39, 0.29) is 11.8 Å². The van der Waals surface area contributed by atoms with E-state index in [1.54, 1.807) is 19.1 Å². The molecule has 76 valence electrons. The van der Waals surface area contributed by atoms with Crippen molar-refractivity contribution in [1.29, 1.82) is 0 Å². The summed E-state index contributed by atoms with van der Waals surface area (Å²) in [5, 5.41) is 2.89. The third-order valence-electron chi connectivity index (χ3n) is 1.56. The Morgan fingerprint density at radius 1 is 1.43 bits per heavy atom. The molecule has 1 aromatic rings. The Hall–Kier alpha value is -1.58. The highest BCUT2D eigenvalue weighted by Gasteiger charge is 2.03. The summed E-state index contributed by atoms with van der Waals surface area (Å²) < 4.78 is 17.4. The van der Waals surface area contributed by atoms with Crippen LogP contribution in [0.15, 0.2) is 24.3 Å². The molecule has 14 heavy (non-hydrogen) atoms. The van der Waals surface area contributed by atoms with Crippen molar-refractivity contribution in [2.24, 2.45) is 0 Å². The van der Waals surface area contributed by atoms with Crippen LogP contribution in [0.25, 0.3) is 0 Å². The van der Waals surface area contributed by atoms with E-state index in [0.29, 0.717) is 5.69 Å². The molecule has 0 aliphatic carbocycles. The van der Waals surface area contributed by atoms with Crippen molar-refractivity contribution < 1.29 is 13.9 Å². The summed E-state index contributed by atoms with van der Waals surface area (Å²) in [5.41, 5.74) is 0.708. The van der Waals surface area contributed by atoms with Crippen molar-refractivity contribution in [3.05, 3.63) is 30.1 Å². The molecular weight excluding hydrogens is 185 g/mol. The number of halogens is 1. The molecule has 0 radical (unpaired) electrons. The Kier molecular flexibility index (Phi) is 3.45. The SMILES string of the molecule is CC(=O)OC(C)Nc1ccc(F)cc1. The highest BCUT2D eigenvalue weighted by molar-refractivity contribution is 5.66. The predicted molar refractivity (Wildman–Crippen MR) is 51.3 cm³/mol. The fourth-order valence-electron chi connectivity index (χ4n) is 1.06. The Labute approximate surface area is 81.9 Å². The molecule has 1 unspecified atom stereocenters. The van der Waals surface area contributed by atoms with Crippen LogP contribution in [0.1, 0.15) is 13.8 Å². The Balaban J connectivity index is 2.51. The number of carbonyl (C=O) groups excluding carboxylic acids is 1. The number of anilines is 1. The summed E-state index contributed by atoms with van der Waals surface area (Å²) in [6.45, 7) is 3.04. The van der Waals surface area contributed by atoms with Crippen LogP contribution in [0.4, 0.5) is 10.1 Å². The van der Waals surface area contributed by atoms with Gasteiger partial charge < -0.3 is 10.1 Å². The van der Waals surface area contributed by atoms with Crippen LogP contribution < -0.4 is 5.32 Å². The first-order valence-corrected chi connectivity index (χ1v) is 4.27. The van der Waals surface area contributed by atoms with Gasteiger partial charge in [-0.2, -0.15) is 0 Å². The molecule has 4 heteroatoms. The number of benzene rings is 1. The van der Waals surface area contributed by atoms with Gasteiger partial charge in [-0.1, -0.05) is 0 Å². The number of nitrogens with one attached hydrogen (secondary N) is 1. The van der Waals surface area contributed by atoms with Gasteiger partial charge in [-0.3, -0.25) is 4.79 Å². The Bertz CT molecular complexity index is 310. The van der Waals surface area contributed by atoms with Crippen molar-refractivity contribution in [2.45, 2.75) is 20.1 Å². The zero-order valence-corrected chi connectivity index (χ0v) is 8.08. The average Bonchev–Trinajstić information content (AvgIpc) is 2.07. The fraction of sp³-hybridized carbons (Fsp3) is 0.300. The Morgan fingerprint density at radius 2 is 2.00 bits per heavy atom. The van der Waals surface area contributed by atoms with Crippen molar-refractivity contribution in [3.8, 4) is 0 Å². The molecule has 0 aromatic heterocycles. The van der Waals surface area contributed by atoms with E-state index in [9.17, 15) is 9.18 Å². The lowest BCUT2D eigenvalue weighted by Crippen LogP contribution is -2.21. The topological polar surface area (TPSA) is 38.3 Å². The third-order valence-corrected chi connectivity index (χ3v) is 1.56. The number of ether oxygens (including phenoxy) is 1. The highest BCUT2D eigenvalue weighted by Crippen LogP contribution is 2.09. The standard InChI is InChI=1S/C10H12FNO2/c1-7(14-8(2)13)12-10-5-3-9(11)4-6-10/h3-7,12H,1-2H3. The van der Waals surface area contributed by atoms with Crippen molar-refractivity contribution >= 4 is 11.7 Å². The molecule has 1 aromatic carbocycles. The lowest BCUT2D eigenvalue weighted by atomic mass is 10.3. The largest absolute Gasteiger partial charge is 0.442 e. The van der Waals surface area contributed by atoms with E-state index in [1.807, 2.05) is 0 Å². The van der Waals surface area contributed by atoms with E-state index in [4.69, 9.17) is 4.74 Å². The molecule has 1 rings (SSSR count). The minimum absolute atomic E-state index is 0.296. The van der Waals surface area contributed by atoms with E-state index in [0.717, 1.165) is 0 Å². The van der Waals surface area contributed by atoms with Gasteiger partial charge >= 0.3 is 5.97 Å². The van der Waals surface area contributed by atoms with Gasteiger partial charge in [0.25, 0.3) is 0 Å². The summed E-state index contributed by atoms with van der Waals surface area (Å²) >= 11 is 0. The molecule has 0 bridgehead atoms. The van der Waals surface area contributed by atoms with Crippen LogP contribution in [0.5, 0.6) is 0 Å². The van der Waals surface area contributed by atoms with Gasteiger partial charge in [-0.05, 0) is 31.2 Å². The van der Waals surface area contributed by atoms with Crippen LogP contribution >= 0.6 is 0 Å². The lowest BCUT2D eigenvalue weighted by Gasteiger charge is -2.14. The third kappa shape index (κ3) is 3.43. The van der Waals surface area contributed by atoms with Crippen LogP contribution in [-0.2, 0) is 9.53 Å². The minimum Gasteiger partial charge on any atom is -0.442 e. The van der Waals surface area contributed by atoms with Gasteiger partial charge in [0.15, 0.2) is 6.23 Å². The number of rotatable bonds is 3. The summed E-state index contributed by atoms with van der Waals surface area (Å²) in [5.74, 6) is -0.650. The zero-order valence-electron chi connectivity index (χ0n) is 8.08. The van der Waals surface area contributed by atoms with Gasteiger partial charge in [0.1, 0.15) is 5.82 Å². The van der Waals surface area contributed by atoms with Gasteiger partial charge in [0.05, 0.1) is 0 Å². The predicted octanol–water partition coefficient (Wildman–Crippen LogP) is 2.15. The number of hydrogen-bond acceptors (Lipinski definition) is 3. The molecule has 1 atom stereocenters. The first-order chi connectivity index (χ1) is 6.58. The first kappa shape index (κ1) is 10.5. The van der Waals surface area contributed by atoms with E-state index < -0.39 is 6.23 Å². The van der Waals surface area contributed by atoms with Gasteiger partial charge in [-0.15, -0.1) is 0 Å². The quantitative estimate of drug-likeness (QED) is 0.596. The van der Waals surface area contributed by atoms with E-state index in [1.165, 1.54) is 19.1 Å². The van der Waals surface area contributed by atoms with Crippen LogP contribution in [0.2, 0.25) is 0 Å². The molecule has 0 aliphatic rings. The van der Waals surface area contributed by atoms with Gasteiger partial charge in [-0.25, -0.2) is 4.39 Å². The fourth-order valence-corrected chi connectivity index (χ4v) is 1.06. The number of hydrogen-bond donors (Lipinski definition) is 1. The maximum Gasteiger partial charge on any atom is 0.304 e. The molecular formula is C10H12FNO2. The molecule has 0 fully saturated rings. The maximum atomic E-state index is 12.5. The second-order valence-corrected chi connectivity index (χ2v) is 2.90. The second kappa shape index (κ2) is 4.60. The number of carbonyl (C=O) groups is 1. The molecule has 1 N–H and O–H groups in total. The summed E-state index contributed by atoms with van der Waals surface area (Å²) in [6, 6.07) is 5.83. The summed E-state index contributed by atoms with van der Waals surface area (Å²) in [6.07, 6.45) is -0.419. The smallest absolute Gasteiger partial charge is 0.304 e. The highest BCUT2D eigenvalue weighted by atomic mass is 19.1. The molecule has 0 amide bonds. The minimum atomic E-state index is -0.419. The molecule has 3 nitrogen and oxygen atoms in total. The van der Waals surface area contributed by atoms with Crippen molar-refractivity contribution in [1.82, 2.24) is 0 Å². The van der Waals surface area contributed by atoms with Crippen LogP contribution in [0.3, 0.4) is 0 Å². The van der Waals surface area contributed by atoms with Gasteiger partial charge in [0.2, 0.25) is 0 Å². The molecule has 0 heterocycles. The monoisotopic (exact) mass is 197 g/mol. The van der Waals surface area contributed by atoms with Crippen molar-refractivity contribution in [3.63, 3.8) is 0 Å². The van der Waals surface area contributed by atoms with E-state index in [2.05, 4.69) is 5.32 Å². The molecule has 0 aliphatic heterocycles. The molecule has 0 saturated heterocycles. The number of esters is 1. The lowest BCUT2D eigenvalue weighted by molar-refractivity contribution is -0.144. The summed E-state index contributed by atoms with van der Waals surface area (Å²) in [4.78, 5) is 10.6. The zero-order chi connectivity index (χ0) is 10.6. The maximum absolute atomic E-state index is 12.5. The summed E-state index contributed by atoms with van der Waals surface area (Å²) in [7, 11) is 0. The van der Waals surface area contributed by atoms with Crippen LogP contribution in [-0.4, -0.2) is 12.2 Å². The molecule has 0 spiro atoms. The Morgan fingerprint density at radius 3 is 2.50 bits per heavy atom. The van der Waals surface area contributed by atoms with Gasteiger partial charge in [0, 0.05) is 12.6 Å². The molecule has 0 saturated carbocycles. The van der Waals surface area contributed by atoms with E-state index >= 15 is 0 Å². The normalized spacial score (nSPS) is 11.9. The first-order valence-electron chi connectivity index (χ1n) is 4.27. The van der Waals surface area contributed by atoms with Crippen LogP contribution in [0, 0.1) is 5.82 Å². The van der Waals surface area contributed by atoms with Crippen molar-refractivity contribution in [2.75, 3.05) is 5.32 Å².